The zero-order valence-corrected chi connectivity index (χ0v) is 21.3. The summed E-state index contributed by atoms with van der Waals surface area (Å²) in [6.07, 6.45) is 0.605. The van der Waals surface area contributed by atoms with Crippen molar-refractivity contribution in [2.24, 2.45) is 10.1 Å². The first-order chi connectivity index (χ1) is 18.1. The molecule has 0 bridgehead atoms. The van der Waals surface area contributed by atoms with Gasteiger partial charge >= 0.3 is 0 Å². The number of carbonyl (C=O) groups excluding carboxylic acids is 2. The minimum atomic E-state index is -0.640. The largest absolute Gasteiger partial charge is 0.496 e. The van der Waals surface area contributed by atoms with E-state index in [0.717, 1.165) is 22.6 Å². The highest BCUT2D eigenvalue weighted by atomic mass is 32.2. The van der Waals surface area contributed by atoms with Crippen LogP contribution >= 0.6 is 11.8 Å². The molecule has 1 N–H and O–H groups in total. The number of rotatable bonds is 7. The van der Waals surface area contributed by atoms with E-state index in [-0.39, 0.29) is 24.3 Å². The van der Waals surface area contributed by atoms with Crippen molar-refractivity contribution in [3.8, 4) is 11.5 Å². The van der Waals surface area contributed by atoms with E-state index in [1.807, 2.05) is 66.7 Å². The van der Waals surface area contributed by atoms with E-state index in [9.17, 15) is 9.59 Å². The van der Waals surface area contributed by atoms with Gasteiger partial charge in [0.1, 0.15) is 16.7 Å². The molecule has 37 heavy (non-hydrogen) atoms. The third kappa shape index (κ3) is 5.22. The molecule has 2 unspecified atom stereocenters. The Morgan fingerprint density at radius 3 is 2.41 bits per heavy atom. The van der Waals surface area contributed by atoms with Crippen molar-refractivity contribution < 1.29 is 19.1 Å². The van der Waals surface area contributed by atoms with Gasteiger partial charge in [-0.3, -0.25) is 9.59 Å². The molecule has 9 heteroatoms. The quantitative estimate of drug-likeness (QED) is 0.483. The number of benzene rings is 3. The maximum Gasteiger partial charge on any atom is 0.262 e. The van der Waals surface area contributed by atoms with Crippen molar-refractivity contribution in [1.29, 1.82) is 0 Å². The molecule has 0 aromatic heterocycles. The average molecular weight is 515 g/mol. The number of amidine groups is 1. The zero-order valence-electron chi connectivity index (χ0n) is 20.5. The monoisotopic (exact) mass is 514 g/mol. The van der Waals surface area contributed by atoms with Crippen LogP contribution in [0.1, 0.15) is 30.0 Å². The van der Waals surface area contributed by atoms with E-state index in [1.54, 1.807) is 31.4 Å². The van der Waals surface area contributed by atoms with Crippen molar-refractivity contribution in [1.82, 2.24) is 5.01 Å². The molecule has 2 aliphatic heterocycles. The Hall–Kier alpha value is -4.11. The standard InChI is InChI=1S/C28H26N4O4S/c1-35-23-14-8-6-12-19(23)22-16-21(18-10-4-3-5-11-18)31-32(22)28-30-27(34)25(37-28)17-26(33)29-20-13-7-9-15-24(20)36-2/h3-15,22,25H,16-17H2,1-2H3,(H,29,33). The zero-order chi connectivity index (χ0) is 25.8. The summed E-state index contributed by atoms with van der Waals surface area (Å²) >= 11 is 1.26. The summed E-state index contributed by atoms with van der Waals surface area (Å²) in [5.74, 6) is 0.655. The average Bonchev–Trinajstić information content (AvgIpc) is 3.53. The molecule has 8 nitrogen and oxygen atoms in total. The number of methoxy groups -OCH3 is 2. The van der Waals surface area contributed by atoms with Gasteiger partial charge < -0.3 is 14.8 Å². The lowest BCUT2D eigenvalue weighted by Gasteiger charge is -2.24. The molecular formula is C28H26N4O4S. The van der Waals surface area contributed by atoms with Crippen LogP contribution in [0.5, 0.6) is 11.5 Å². The number of hydrogen-bond acceptors (Lipinski definition) is 7. The molecule has 3 aromatic carbocycles. The van der Waals surface area contributed by atoms with Crippen LogP contribution in [0.25, 0.3) is 0 Å². The molecule has 0 aliphatic carbocycles. The van der Waals surface area contributed by atoms with Crippen molar-refractivity contribution in [3.63, 3.8) is 0 Å². The molecular weight excluding hydrogens is 488 g/mol. The summed E-state index contributed by atoms with van der Waals surface area (Å²) in [6, 6.07) is 24.7. The number of hydrogen-bond donors (Lipinski definition) is 1. The lowest BCUT2D eigenvalue weighted by atomic mass is 9.98. The van der Waals surface area contributed by atoms with Gasteiger partial charge in [-0.1, -0.05) is 72.4 Å². The normalized spacial score (nSPS) is 18.9. The van der Waals surface area contributed by atoms with Gasteiger partial charge in [-0.15, -0.1) is 0 Å². The molecule has 0 saturated heterocycles. The van der Waals surface area contributed by atoms with Crippen LogP contribution in [0.2, 0.25) is 0 Å². The number of para-hydroxylation sites is 3. The molecule has 2 aliphatic rings. The van der Waals surface area contributed by atoms with Gasteiger partial charge in [-0.05, 0) is 23.8 Å². The predicted octanol–water partition coefficient (Wildman–Crippen LogP) is 4.88. The second kappa shape index (κ2) is 10.9. The molecule has 2 heterocycles. The van der Waals surface area contributed by atoms with Crippen molar-refractivity contribution in [2.75, 3.05) is 19.5 Å². The highest BCUT2D eigenvalue weighted by Gasteiger charge is 2.40. The molecule has 188 valence electrons. The molecule has 2 atom stereocenters. The summed E-state index contributed by atoms with van der Waals surface area (Å²) in [5.41, 5.74) is 3.41. The van der Waals surface area contributed by atoms with Gasteiger partial charge in [0, 0.05) is 18.4 Å². The van der Waals surface area contributed by atoms with Crippen LogP contribution in [0.3, 0.4) is 0 Å². The van der Waals surface area contributed by atoms with Crippen LogP contribution in [-0.4, -0.2) is 47.2 Å². The Bertz CT molecular complexity index is 1380. The lowest BCUT2D eigenvalue weighted by Crippen LogP contribution is -2.25. The first kappa shape index (κ1) is 24.6. The topological polar surface area (TPSA) is 92.6 Å². The van der Waals surface area contributed by atoms with E-state index < -0.39 is 5.25 Å². The van der Waals surface area contributed by atoms with E-state index in [2.05, 4.69) is 10.3 Å². The number of nitrogens with zero attached hydrogens (tertiary/aromatic N) is 3. The van der Waals surface area contributed by atoms with E-state index >= 15 is 0 Å². The van der Waals surface area contributed by atoms with E-state index in [1.165, 1.54) is 11.8 Å². The number of ether oxygens (including phenoxy) is 2. The maximum absolute atomic E-state index is 12.9. The van der Waals surface area contributed by atoms with E-state index in [4.69, 9.17) is 14.6 Å². The van der Waals surface area contributed by atoms with Gasteiger partial charge in [0.15, 0.2) is 5.17 Å². The minimum Gasteiger partial charge on any atom is -0.496 e. The van der Waals surface area contributed by atoms with Gasteiger partial charge in [0.05, 0.1) is 31.7 Å². The third-order valence-electron chi connectivity index (χ3n) is 6.19. The molecule has 2 amide bonds. The molecule has 5 rings (SSSR count). The molecule has 3 aromatic rings. The fraction of sp³-hybridized carbons (Fsp3) is 0.214. The van der Waals surface area contributed by atoms with Crippen LogP contribution in [-0.2, 0) is 9.59 Å². The Labute approximate surface area is 219 Å². The SMILES string of the molecule is COc1ccccc1NC(=O)CC1SC(N2N=C(c3ccccc3)CC2c2ccccc2OC)=NC1=O. The number of amides is 2. The smallest absolute Gasteiger partial charge is 0.262 e. The van der Waals surface area contributed by atoms with Crippen molar-refractivity contribution in [2.45, 2.75) is 24.1 Å². The van der Waals surface area contributed by atoms with Gasteiger partial charge in [-0.2, -0.15) is 10.1 Å². The summed E-state index contributed by atoms with van der Waals surface area (Å²) in [7, 11) is 3.18. The second-order valence-electron chi connectivity index (χ2n) is 8.51. The van der Waals surface area contributed by atoms with Gasteiger partial charge in [-0.25, -0.2) is 5.01 Å². The fourth-order valence-electron chi connectivity index (χ4n) is 4.40. The Kier molecular flexibility index (Phi) is 7.23. The molecule has 0 spiro atoms. The minimum absolute atomic E-state index is 0.0169. The number of carbonyl (C=O) groups is 2. The van der Waals surface area contributed by atoms with Crippen molar-refractivity contribution >= 4 is 40.1 Å². The second-order valence-corrected chi connectivity index (χ2v) is 9.68. The van der Waals surface area contributed by atoms with Crippen molar-refractivity contribution in [3.05, 3.63) is 90.0 Å². The summed E-state index contributed by atoms with van der Waals surface area (Å²) in [6.45, 7) is 0. The number of thioether (sulfide) groups is 1. The van der Waals surface area contributed by atoms with Crippen LogP contribution in [0, 0.1) is 0 Å². The first-order valence-corrected chi connectivity index (χ1v) is 12.7. The highest BCUT2D eigenvalue weighted by Crippen LogP contribution is 2.41. The van der Waals surface area contributed by atoms with Crippen LogP contribution in [0.15, 0.2) is 89.0 Å². The number of aliphatic imine (C=N–C) groups is 1. The Morgan fingerprint density at radius 2 is 1.65 bits per heavy atom. The first-order valence-electron chi connectivity index (χ1n) is 11.8. The molecule has 0 fully saturated rings. The number of nitrogens with one attached hydrogen (secondary N) is 1. The number of hydrazone groups is 1. The predicted molar refractivity (Wildman–Crippen MR) is 145 cm³/mol. The van der Waals surface area contributed by atoms with Crippen LogP contribution < -0.4 is 14.8 Å². The summed E-state index contributed by atoms with van der Waals surface area (Å²) in [5, 5.41) is 9.35. The highest BCUT2D eigenvalue weighted by molar-refractivity contribution is 8.15. The molecule has 0 saturated carbocycles. The molecule has 0 radical (unpaired) electrons. The maximum atomic E-state index is 12.9. The number of anilines is 1. The Morgan fingerprint density at radius 1 is 0.973 bits per heavy atom. The third-order valence-corrected chi connectivity index (χ3v) is 7.33. The van der Waals surface area contributed by atoms with Gasteiger partial charge in [0.2, 0.25) is 5.91 Å². The fourth-order valence-corrected chi connectivity index (χ4v) is 5.46. The Balaban J connectivity index is 1.37. The summed E-state index contributed by atoms with van der Waals surface area (Å²) in [4.78, 5) is 30.0. The van der Waals surface area contributed by atoms with E-state index in [0.29, 0.717) is 23.0 Å². The lowest BCUT2D eigenvalue weighted by molar-refractivity contribution is -0.121. The van der Waals surface area contributed by atoms with Crippen LogP contribution in [0.4, 0.5) is 5.69 Å². The summed E-state index contributed by atoms with van der Waals surface area (Å²) < 4.78 is 10.9. The van der Waals surface area contributed by atoms with Gasteiger partial charge in [0.25, 0.3) is 5.91 Å².